The number of aromatic nitrogens is 2. The lowest BCUT2D eigenvalue weighted by atomic mass is 10.0. The summed E-state index contributed by atoms with van der Waals surface area (Å²) in [5, 5.41) is 4.34. The zero-order valence-electron chi connectivity index (χ0n) is 10.3. The largest absolute Gasteiger partial charge is 0.346 e. The number of fused-ring (bicyclic) bond motifs is 1. The monoisotopic (exact) mass is 237 g/mol. The van der Waals surface area contributed by atoms with E-state index in [1.54, 1.807) is 0 Å². The first-order valence-electron chi connectivity index (χ1n) is 6.04. The van der Waals surface area contributed by atoms with Gasteiger partial charge in [-0.1, -0.05) is 18.2 Å². The lowest BCUT2D eigenvalue weighted by molar-refractivity contribution is 0.818. The van der Waals surface area contributed by atoms with Crippen molar-refractivity contribution in [2.45, 2.75) is 6.54 Å². The Balaban J connectivity index is 2.13. The van der Waals surface area contributed by atoms with Gasteiger partial charge in [-0.05, 0) is 41.9 Å². The topological polar surface area (TPSA) is 40.7 Å². The van der Waals surface area contributed by atoms with Crippen LogP contribution in [0.4, 0.5) is 0 Å². The standard InChI is InChI=1S/C15H15N3/c1-16-10-11-3-2-4-12(9-11)13-5-7-17-15-14(13)6-8-18-15/h2-9,16H,10H2,1H3,(H,17,18). The summed E-state index contributed by atoms with van der Waals surface area (Å²) < 4.78 is 0. The second kappa shape index (κ2) is 4.63. The normalized spacial score (nSPS) is 10.9. The molecule has 0 spiro atoms. The number of nitrogens with one attached hydrogen (secondary N) is 2. The third-order valence-electron chi connectivity index (χ3n) is 3.08. The van der Waals surface area contributed by atoms with Gasteiger partial charge in [-0.2, -0.15) is 0 Å². The number of H-pyrrole nitrogens is 1. The lowest BCUT2D eigenvalue weighted by Gasteiger charge is -2.06. The first-order valence-corrected chi connectivity index (χ1v) is 6.04. The van der Waals surface area contributed by atoms with Crippen molar-refractivity contribution in [1.82, 2.24) is 15.3 Å². The Morgan fingerprint density at radius 1 is 1.22 bits per heavy atom. The van der Waals surface area contributed by atoms with Gasteiger partial charge in [-0.15, -0.1) is 0 Å². The molecule has 2 heterocycles. The summed E-state index contributed by atoms with van der Waals surface area (Å²) in [6, 6.07) is 12.7. The molecule has 90 valence electrons. The number of aromatic amines is 1. The van der Waals surface area contributed by atoms with Crippen molar-refractivity contribution in [3.05, 3.63) is 54.4 Å². The maximum Gasteiger partial charge on any atom is 0.137 e. The Bertz CT molecular complexity index is 670. The molecule has 3 nitrogen and oxygen atoms in total. The fourth-order valence-corrected chi connectivity index (χ4v) is 2.27. The van der Waals surface area contributed by atoms with E-state index in [0.717, 1.165) is 12.2 Å². The summed E-state index contributed by atoms with van der Waals surface area (Å²) in [7, 11) is 1.96. The van der Waals surface area contributed by atoms with Gasteiger partial charge in [0, 0.05) is 24.3 Å². The quantitative estimate of drug-likeness (QED) is 0.735. The van der Waals surface area contributed by atoms with Crippen LogP contribution in [-0.2, 0) is 6.54 Å². The van der Waals surface area contributed by atoms with E-state index < -0.39 is 0 Å². The van der Waals surface area contributed by atoms with E-state index in [2.05, 4.69) is 51.7 Å². The second-order valence-electron chi connectivity index (χ2n) is 4.33. The molecule has 2 N–H and O–H groups in total. The molecule has 1 aromatic carbocycles. The molecule has 3 heteroatoms. The van der Waals surface area contributed by atoms with Crippen LogP contribution in [0.25, 0.3) is 22.2 Å². The van der Waals surface area contributed by atoms with Gasteiger partial charge < -0.3 is 10.3 Å². The average molecular weight is 237 g/mol. The molecule has 0 fully saturated rings. The molecule has 0 unspecified atom stereocenters. The molecule has 0 aliphatic rings. The third-order valence-corrected chi connectivity index (χ3v) is 3.08. The minimum atomic E-state index is 0.884. The molecule has 0 amide bonds. The van der Waals surface area contributed by atoms with Crippen LogP contribution in [0.3, 0.4) is 0 Å². The van der Waals surface area contributed by atoms with Crippen molar-refractivity contribution in [3.63, 3.8) is 0 Å². The van der Waals surface area contributed by atoms with Crippen molar-refractivity contribution in [2.24, 2.45) is 0 Å². The fourth-order valence-electron chi connectivity index (χ4n) is 2.27. The fraction of sp³-hybridized carbons (Fsp3) is 0.133. The summed E-state index contributed by atoms with van der Waals surface area (Å²) in [4.78, 5) is 7.46. The van der Waals surface area contributed by atoms with Gasteiger partial charge in [-0.25, -0.2) is 4.98 Å². The van der Waals surface area contributed by atoms with Crippen LogP contribution >= 0.6 is 0 Å². The first kappa shape index (κ1) is 11.0. The van der Waals surface area contributed by atoms with Crippen LogP contribution in [0.2, 0.25) is 0 Å². The molecule has 0 bridgehead atoms. The highest BCUT2D eigenvalue weighted by atomic mass is 14.8. The van der Waals surface area contributed by atoms with Gasteiger partial charge in [0.25, 0.3) is 0 Å². The molecular formula is C15H15N3. The molecule has 0 aliphatic carbocycles. The number of pyridine rings is 1. The third kappa shape index (κ3) is 1.89. The average Bonchev–Trinajstić information content (AvgIpc) is 2.87. The van der Waals surface area contributed by atoms with Crippen molar-refractivity contribution in [1.29, 1.82) is 0 Å². The molecule has 0 aliphatic heterocycles. The van der Waals surface area contributed by atoms with E-state index in [1.807, 2.05) is 19.4 Å². The Labute approximate surface area is 106 Å². The number of rotatable bonds is 3. The predicted octanol–water partition coefficient (Wildman–Crippen LogP) is 2.95. The molecule has 0 atom stereocenters. The zero-order valence-corrected chi connectivity index (χ0v) is 10.3. The van der Waals surface area contributed by atoms with E-state index in [4.69, 9.17) is 0 Å². The zero-order chi connectivity index (χ0) is 12.4. The van der Waals surface area contributed by atoms with E-state index in [9.17, 15) is 0 Å². The highest BCUT2D eigenvalue weighted by Gasteiger charge is 2.05. The summed E-state index contributed by atoms with van der Waals surface area (Å²) in [6.45, 7) is 0.884. The summed E-state index contributed by atoms with van der Waals surface area (Å²) in [5.41, 5.74) is 4.68. The van der Waals surface area contributed by atoms with Crippen molar-refractivity contribution < 1.29 is 0 Å². The van der Waals surface area contributed by atoms with Crippen LogP contribution in [-0.4, -0.2) is 17.0 Å². The Morgan fingerprint density at radius 2 is 2.17 bits per heavy atom. The van der Waals surface area contributed by atoms with Crippen LogP contribution in [0, 0.1) is 0 Å². The molecule has 0 saturated heterocycles. The summed E-state index contributed by atoms with van der Waals surface area (Å²) in [6.07, 6.45) is 3.78. The van der Waals surface area contributed by atoms with Gasteiger partial charge in [0.05, 0.1) is 0 Å². The van der Waals surface area contributed by atoms with E-state index in [0.29, 0.717) is 0 Å². The highest BCUT2D eigenvalue weighted by Crippen LogP contribution is 2.27. The van der Waals surface area contributed by atoms with Crippen LogP contribution < -0.4 is 5.32 Å². The predicted molar refractivity (Wildman–Crippen MR) is 74.3 cm³/mol. The van der Waals surface area contributed by atoms with Crippen molar-refractivity contribution in [2.75, 3.05) is 7.05 Å². The van der Waals surface area contributed by atoms with Gasteiger partial charge in [-0.3, -0.25) is 0 Å². The highest BCUT2D eigenvalue weighted by molar-refractivity contribution is 5.92. The molecular weight excluding hydrogens is 222 g/mol. The molecule has 0 saturated carbocycles. The number of hydrogen-bond acceptors (Lipinski definition) is 2. The summed E-state index contributed by atoms with van der Waals surface area (Å²) in [5.74, 6) is 0. The van der Waals surface area contributed by atoms with E-state index in [-0.39, 0.29) is 0 Å². The van der Waals surface area contributed by atoms with Gasteiger partial charge in [0.15, 0.2) is 0 Å². The van der Waals surface area contributed by atoms with E-state index in [1.165, 1.54) is 22.1 Å². The number of benzene rings is 1. The van der Waals surface area contributed by atoms with Crippen LogP contribution in [0.15, 0.2) is 48.8 Å². The smallest absolute Gasteiger partial charge is 0.137 e. The molecule has 2 aromatic heterocycles. The van der Waals surface area contributed by atoms with Gasteiger partial charge in [0.1, 0.15) is 5.65 Å². The minimum Gasteiger partial charge on any atom is -0.346 e. The molecule has 3 aromatic rings. The SMILES string of the molecule is CNCc1cccc(-c2ccnc3[nH]ccc23)c1. The van der Waals surface area contributed by atoms with Gasteiger partial charge >= 0.3 is 0 Å². The lowest BCUT2D eigenvalue weighted by Crippen LogP contribution is -2.04. The summed E-state index contributed by atoms with van der Waals surface area (Å²) >= 11 is 0. The van der Waals surface area contributed by atoms with Gasteiger partial charge in [0.2, 0.25) is 0 Å². The van der Waals surface area contributed by atoms with Crippen molar-refractivity contribution >= 4 is 11.0 Å². The van der Waals surface area contributed by atoms with Crippen LogP contribution in [0.5, 0.6) is 0 Å². The maximum absolute atomic E-state index is 4.32. The minimum absolute atomic E-state index is 0.884. The Kier molecular flexibility index (Phi) is 2.82. The van der Waals surface area contributed by atoms with Crippen molar-refractivity contribution in [3.8, 4) is 11.1 Å². The molecule has 18 heavy (non-hydrogen) atoms. The number of hydrogen-bond donors (Lipinski definition) is 2. The maximum atomic E-state index is 4.32. The number of nitrogens with zero attached hydrogens (tertiary/aromatic N) is 1. The molecule has 0 radical (unpaired) electrons. The van der Waals surface area contributed by atoms with E-state index >= 15 is 0 Å². The Morgan fingerprint density at radius 3 is 3.06 bits per heavy atom. The Hall–Kier alpha value is -2.13. The van der Waals surface area contributed by atoms with Crippen LogP contribution in [0.1, 0.15) is 5.56 Å². The first-order chi connectivity index (χ1) is 8.88. The molecule has 3 rings (SSSR count). The second-order valence-corrected chi connectivity index (χ2v) is 4.33.